The summed E-state index contributed by atoms with van der Waals surface area (Å²) >= 11 is 0. The predicted octanol–water partition coefficient (Wildman–Crippen LogP) is 1.17. The molecule has 0 aliphatic heterocycles. The summed E-state index contributed by atoms with van der Waals surface area (Å²) in [7, 11) is 0. The molecule has 0 saturated heterocycles. The van der Waals surface area contributed by atoms with Gasteiger partial charge >= 0.3 is 5.97 Å². The third-order valence-electron chi connectivity index (χ3n) is 2.93. The van der Waals surface area contributed by atoms with Crippen molar-refractivity contribution in [2.45, 2.75) is 51.7 Å². The van der Waals surface area contributed by atoms with Gasteiger partial charge in [0.1, 0.15) is 0 Å². The zero-order valence-electron chi connectivity index (χ0n) is 10.3. The normalized spacial score (nSPS) is 17.3. The van der Waals surface area contributed by atoms with Gasteiger partial charge in [0.2, 0.25) is 0 Å². The van der Waals surface area contributed by atoms with E-state index in [-0.39, 0.29) is 18.7 Å². The Labute approximate surface area is 97.6 Å². The van der Waals surface area contributed by atoms with E-state index in [4.69, 9.17) is 9.84 Å². The van der Waals surface area contributed by atoms with E-state index in [1.807, 2.05) is 13.8 Å². The number of hydrogen-bond donors (Lipinski definition) is 1. The molecule has 1 saturated carbocycles. The van der Waals surface area contributed by atoms with Gasteiger partial charge in [0.25, 0.3) is 0 Å². The molecule has 0 amide bonds. The topological polar surface area (TPSA) is 49.8 Å². The van der Waals surface area contributed by atoms with Crippen LogP contribution in [0.1, 0.15) is 39.5 Å². The summed E-state index contributed by atoms with van der Waals surface area (Å²) in [6.45, 7) is 4.68. The van der Waals surface area contributed by atoms with Crippen LogP contribution in [0.5, 0.6) is 0 Å². The fourth-order valence-corrected chi connectivity index (χ4v) is 2.25. The van der Waals surface area contributed by atoms with Gasteiger partial charge in [-0.05, 0) is 26.7 Å². The number of ether oxygens (including phenoxy) is 1. The maximum Gasteiger partial charge on any atom is 0.320 e. The molecule has 0 radical (unpaired) electrons. The Hall–Kier alpha value is -0.610. The molecule has 0 heterocycles. The molecule has 0 aromatic carbocycles. The van der Waals surface area contributed by atoms with Crippen LogP contribution in [-0.2, 0) is 9.53 Å². The third-order valence-corrected chi connectivity index (χ3v) is 2.93. The van der Waals surface area contributed by atoms with Gasteiger partial charge in [-0.2, -0.15) is 0 Å². The monoisotopic (exact) mass is 229 g/mol. The number of esters is 1. The highest BCUT2D eigenvalue weighted by Gasteiger charge is 2.24. The van der Waals surface area contributed by atoms with E-state index in [9.17, 15) is 4.79 Å². The van der Waals surface area contributed by atoms with Crippen LogP contribution >= 0.6 is 0 Å². The summed E-state index contributed by atoms with van der Waals surface area (Å²) in [5.74, 6) is -0.185. The summed E-state index contributed by atoms with van der Waals surface area (Å²) < 4.78 is 5.12. The van der Waals surface area contributed by atoms with E-state index in [2.05, 4.69) is 4.90 Å². The molecule has 0 aromatic rings. The van der Waals surface area contributed by atoms with Gasteiger partial charge in [0.05, 0.1) is 19.3 Å². The summed E-state index contributed by atoms with van der Waals surface area (Å²) in [6, 6.07) is 0.451. The first-order valence-corrected chi connectivity index (χ1v) is 6.18. The highest BCUT2D eigenvalue weighted by Crippen LogP contribution is 2.23. The summed E-state index contributed by atoms with van der Waals surface area (Å²) in [4.78, 5) is 13.6. The standard InChI is InChI=1S/C12H23NO3/c1-10(2)16-12(15)9-13(7-8-14)11-5-3-4-6-11/h10-11,14H,3-9H2,1-2H3. The number of rotatable bonds is 6. The van der Waals surface area contributed by atoms with E-state index in [1.165, 1.54) is 12.8 Å². The van der Waals surface area contributed by atoms with Crippen molar-refractivity contribution in [1.82, 2.24) is 4.90 Å². The van der Waals surface area contributed by atoms with Crippen molar-refractivity contribution in [3.05, 3.63) is 0 Å². The quantitative estimate of drug-likeness (QED) is 0.695. The van der Waals surface area contributed by atoms with Crippen LogP contribution in [0.25, 0.3) is 0 Å². The van der Waals surface area contributed by atoms with E-state index in [1.54, 1.807) is 0 Å². The number of nitrogens with zero attached hydrogens (tertiary/aromatic N) is 1. The molecule has 4 nitrogen and oxygen atoms in total. The highest BCUT2D eigenvalue weighted by molar-refractivity contribution is 5.71. The minimum absolute atomic E-state index is 0.0629. The lowest BCUT2D eigenvalue weighted by molar-refractivity contribution is -0.149. The van der Waals surface area contributed by atoms with Crippen molar-refractivity contribution in [3.63, 3.8) is 0 Å². The zero-order chi connectivity index (χ0) is 12.0. The minimum atomic E-state index is -0.185. The van der Waals surface area contributed by atoms with Crippen molar-refractivity contribution >= 4 is 5.97 Å². The molecule has 1 rings (SSSR count). The van der Waals surface area contributed by atoms with Crippen LogP contribution in [-0.4, -0.2) is 47.8 Å². The molecule has 1 fully saturated rings. The van der Waals surface area contributed by atoms with Crippen molar-refractivity contribution in [3.8, 4) is 0 Å². The van der Waals surface area contributed by atoms with Gasteiger partial charge in [-0.15, -0.1) is 0 Å². The first kappa shape index (κ1) is 13.5. The molecule has 0 bridgehead atoms. The van der Waals surface area contributed by atoms with Crippen LogP contribution in [0.2, 0.25) is 0 Å². The number of carbonyl (C=O) groups excluding carboxylic acids is 1. The third kappa shape index (κ3) is 4.49. The maximum atomic E-state index is 11.5. The number of aliphatic hydroxyl groups excluding tert-OH is 1. The van der Waals surface area contributed by atoms with E-state index < -0.39 is 0 Å². The Morgan fingerprint density at radius 1 is 1.44 bits per heavy atom. The van der Waals surface area contributed by atoms with E-state index in [0.717, 1.165) is 12.8 Å². The second kappa shape index (κ2) is 6.86. The summed E-state index contributed by atoms with van der Waals surface area (Å²) in [5, 5.41) is 9.00. The molecule has 0 spiro atoms. The lowest BCUT2D eigenvalue weighted by Crippen LogP contribution is -2.40. The van der Waals surface area contributed by atoms with Crippen molar-refractivity contribution in [2.75, 3.05) is 19.7 Å². The average Bonchev–Trinajstić information content (AvgIpc) is 2.68. The van der Waals surface area contributed by atoms with E-state index >= 15 is 0 Å². The van der Waals surface area contributed by atoms with Crippen LogP contribution in [0.4, 0.5) is 0 Å². The number of hydrogen-bond acceptors (Lipinski definition) is 4. The van der Waals surface area contributed by atoms with Crippen LogP contribution in [0.15, 0.2) is 0 Å². The Morgan fingerprint density at radius 3 is 2.56 bits per heavy atom. The first-order valence-electron chi connectivity index (χ1n) is 6.18. The van der Waals surface area contributed by atoms with Gasteiger partial charge in [-0.25, -0.2) is 0 Å². The van der Waals surface area contributed by atoms with Gasteiger partial charge in [0, 0.05) is 12.6 Å². The molecule has 1 N–H and O–H groups in total. The lowest BCUT2D eigenvalue weighted by Gasteiger charge is -2.27. The SMILES string of the molecule is CC(C)OC(=O)CN(CCO)C1CCCC1. The van der Waals surface area contributed by atoms with Crippen molar-refractivity contribution in [2.24, 2.45) is 0 Å². The lowest BCUT2D eigenvalue weighted by atomic mass is 10.2. The minimum Gasteiger partial charge on any atom is -0.462 e. The Kier molecular flexibility index (Phi) is 5.77. The van der Waals surface area contributed by atoms with Crippen LogP contribution in [0, 0.1) is 0 Å². The Balaban J connectivity index is 2.40. The molecule has 0 atom stereocenters. The summed E-state index contributed by atoms with van der Waals surface area (Å²) in [6.07, 6.45) is 4.66. The van der Waals surface area contributed by atoms with Gasteiger partial charge in [-0.1, -0.05) is 12.8 Å². The van der Waals surface area contributed by atoms with Gasteiger partial charge in [0.15, 0.2) is 0 Å². The van der Waals surface area contributed by atoms with Gasteiger partial charge in [-0.3, -0.25) is 9.69 Å². The predicted molar refractivity (Wildman–Crippen MR) is 62.1 cm³/mol. The van der Waals surface area contributed by atoms with Crippen molar-refractivity contribution in [1.29, 1.82) is 0 Å². The molecule has 0 aromatic heterocycles. The smallest absolute Gasteiger partial charge is 0.320 e. The molecule has 94 valence electrons. The van der Waals surface area contributed by atoms with Crippen LogP contribution in [0.3, 0.4) is 0 Å². The zero-order valence-corrected chi connectivity index (χ0v) is 10.3. The second-order valence-corrected chi connectivity index (χ2v) is 4.67. The fourth-order valence-electron chi connectivity index (χ4n) is 2.25. The number of aliphatic hydroxyl groups is 1. The van der Waals surface area contributed by atoms with Crippen LogP contribution < -0.4 is 0 Å². The molecule has 0 unspecified atom stereocenters. The Morgan fingerprint density at radius 2 is 2.06 bits per heavy atom. The molecular formula is C12H23NO3. The second-order valence-electron chi connectivity index (χ2n) is 4.67. The maximum absolute atomic E-state index is 11.5. The first-order chi connectivity index (χ1) is 7.63. The molecular weight excluding hydrogens is 206 g/mol. The highest BCUT2D eigenvalue weighted by atomic mass is 16.5. The molecule has 1 aliphatic carbocycles. The van der Waals surface area contributed by atoms with Crippen molar-refractivity contribution < 1.29 is 14.6 Å². The molecule has 1 aliphatic rings. The molecule has 16 heavy (non-hydrogen) atoms. The average molecular weight is 229 g/mol. The largest absolute Gasteiger partial charge is 0.462 e. The molecule has 4 heteroatoms. The van der Waals surface area contributed by atoms with Gasteiger partial charge < -0.3 is 9.84 Å². The Bertz CT molecular complexity index is 212. The number of carbonyl (C=O) groups is 1. The summed E-state index contributed by atoms with van der Waals surface area (Å²) in [5.41, 5.74) is 0. The van der Waals surface area contributed by atoms with E-state index in [0.29, 0.717) is 19.1 Å². The fraction of sp³-hybridized carbons (Fsp3) is 0.917.